The molecule has 0 spiro atoms. The van der Waals surface area contributed by atoms with Gasteiger partial charge in [0, 0.05) is 28.2 Å². The molecule has 0 aliphatic rings. The Morgan fingerprint density at radius 1 is 1.06 bits per heavy atom. The van der Waals surface area contributed by atoms with Crippen LogP contribution in [0.25, 0.3) is 5.69 Å². The summed E-state index contributed by atoms with van der Waals surface area (Å²) >= 11 is 2.14. The minimum absolute atomic E-state index is 0.328. The van der Waals surface area contributed by atoms with Gasteiger partial charge in [-0.15, -0.1) is 0 Å². The van der Waals surface area contributed by atoms with E-state index in [4.69, 9.17) is 9.47 Å². The van der Waals surface area contributed by atoms with Gasteiger partial charge in [-0.05, 0) is 78.9 Å². The number of nitrogens with zero attached hydrogens (tertiary/aromatic N) is 2. The number of halogens is 1. The molecule has 0 fully saturated rings. The summed E-state index contributed by atoms with van der Waals surface area (Å²) in [7, 11) is 2.92. The van der Waals surface area contributed by atoms with Gasteiger partial charge in [0.15, 0.2) is 0 Å². The van der Waals surface area contributed by atoms with Gasteiger partial charge in [-0.3, -0.25) is 4.79 Å². The molecular formula is C23H22IN3O4. The second-order valence-electron chi connectivity index (χ2n) is 6.75. The van der Waals surface area contributed by atoms with E-state index < -0.39 is 0 Å². The van der Waals surface area contributed by atoms with Crippen LogP contribution in [-0.2, 0) is 4.74 Å². The van der Waals surface area contributed by atoms with Gasteiger partial charge in [0.25, 0.3) is 5.91 Å². The molecule has 1 aromatic heterocycles. The molecule has 0 bridgehead atoms. The Morgan fingerprint density at radius 3 is 2.55 bits per heavy atom. The molecule has 0 radical (unpaired) electrons. The number of amides is 1. The molecule has 160 valence electrons. The zero-order chi connectivity index (χ0) is 22.5. The van der Waals surface area contributed by atoms with Crippen LogP contribution in [0.4, 0.5) is 0 Å². The minimum Gasteiger partial charge on any atom is -0.496 e. The monoisotopic (exact) mass is 531 g/mol. The number of aryl methyl sites for hydroxylation is 1. The van der Waals surface area contributed by atoms with Crippen molar-refractivity contribution in [1.29, 1.82) is 0 Å². The van der Waals surface area contributed by atoms with Crippen molar-refractivity contribution in [2.45, 2.75) is 13.8 Å². The van der Waals surface area contributed by atoms with Gasteiger partial charge in [-0.2, -0.15) is 5.10 Å². The average Bonchev–Trinajstić information content (AvgIpc) is 3.06. The summed E-state index contributed by atoms with van der Waals surface area (Å²) in [5.74, 6) is -0.0819. The molecule has 7 nitrogen and oxygen atoms in total. The Balaban J connectivity index is 1.80. The first-order chi connectivity index (χ1) is 14.8. The quantitative estimate of drug-likeness (QED) is 0.223. The van der Waals surface area contributed by atoms with Crippen molar-refractivity contribution in [3.8, 4) is 11.4 Å². The third-order valence-corrected chi connectivity index (χ3v) is 5.67. The number of hydrogen-bond acceptors (Lipinski definition) is 5. The molecule has 0 unspecified atom stereocenters. The summed E-state index contributed by atoms with van der Waals surface area (Å²) in [6.45, 7) is 3.91. The molecule has 8 heteroatoms. The van der Waals surface area contributed by atoms with E-state index in [2.05, 4.69) is 33.1 Å². The maximum Gasteiger partial charge on any atom is 0.337 e. The number of nitrogens with one attached hydrogen (secondary N) is 1. The van der Waals surface area contributed by atoms with Crippen LogP contribution in [0.2, 0.25) is 0 Å². The predicted molar refractivity (Wildman–Crippen MR) is 127 cm³/mol. The maximum absolute atomic E-state index is 12.4. The number of methoxy groups -OCH3 is 2. The highest BCUT2D eigenvalue weighted by atomic mass is 127. The van der Waals surface area contributed by atoms with Crippen molar-refractivity contribution < 1.29 is 19.1 Å². The van der Waals surface area contributed by atoms with Crippen LogP contribution in [0, 0.1) is 17.4 Å². The molecule has 31 heavy (non-hydrogen) atoms. The van der Waals surface area contributed by atoms with E-state index in [9.17, 15) is 9.59 Å². The van der Waals surface area contributed by atoms with Crippen LogP contribution in [0.5, 0.6) is 5.75 Å². The van der Waals surface area contributed by atoms with Crippen LogP contribution in [0.1, 0.15) is 37.7 Å². The number of benzene rings is 2. The SMILES string of the molecule is COC(=O)c1cccc(-n2c(C)cc(/C=N\NC(=O)c3ccc(I)c(OC)c3)c2C)c1. The van der Waals surface area contributed by atoms with Gasteiger partial charge >= 0.3 is 5.97 Å². The lowest BCUT2D eigenvalue weighted by molar-refractivity contribution is 0.0600. The highest BCUT2D eigenvalue weighted by Crippen LogP contribution is 2.22. The molecule has 3 aromatic rings. The summed E-state index contributed by atoms with van der Waals surface area (Å²) in [5, 5.41) is 4.11. The lowest BCUT2D eigenvalue weighted by Gasteiger charge is -2.11. The number of aromatic nitrogens is 1. The van der Waals surface area contributed by atoms with Crippen LogP contribution in [-0.4, -0.2) is 36.9 Å². The molecule has 0 saturated carbocycles. The van der Waals surface area contributed by atoms with E-state index in [0.717, 1.165) is 26.2 Å². The fourth-order valence-corrected chi connectivity index (χ4v) is 3.79. The second-order valence-corrected chi connectivity index (χ2v) is 7.91. The summed E-state index contributed by atoms with van der Waals surface area (Å²) in [6, 6.07) is 14.4. The predicted octanol–water partition coefficient (Wildman–Crippen LogP) is 4.26. The summed E-state index contributed by atoms with van der Waals surface area (Å²) in [4.78, 5) is 24.2. The molecule has 1 amide bonds. The third-order valence-electron chi connectivity index (χ3n) is 4.78. The Labute approximate surface area is 194 Å². The lowest BCUT2D eigenvalue weighted by Crippen LogP contribution is -2.17. The van der Waals surface area contributed by atoms with Gasteiger partial charge < -0.3 is 14.0 Å². The van der Waals surface area contributed by atoms with Crippen LogP contribution in [0.15, 0.2) is 53.6 Å². The van der Waals surface area contributed by atoms with Crippen LogP contribution < -0.4 is 10.2 Å². The number of ether oxygens (including phenoxy) is 2. The van der Waals surface area contributed by atoms with E-state index in [0.29, 0.717) is 16.9 Å². The number of esters is 1. The normalized spacial score (nSPS) is 10.9. The molecule has 1 N–H and O–H groups in total. The van der Waals surface area contributed by atoms with Crippen LogP contribution in [0.3, 0.4) is 0 Å². The smallest absolute Gasteiger partial charge is 0.337 e. The van der Waals surface area contributed by atoms with Gasteiger partial charge in [-0.25, -0.2) is 10.2 Å². The highest BCUT2D eigenvalue weighted by Gasteiger charge is 2.13. The third kappa shape index (κ3) is 4.96. The molecule has 0 atom stereocenters. The topological polar surface area (TPSA) is 81.9 Å². The average molecular weight is 531 g/mol. The maximum atomic E-state index is 12.4. The lowest BCUT2D eigenvalue weighted by atomic mass is 10.2. The molecule has 0 aliphatic carbocycles. The second kappa shape index (κ2) is 9.78. The Bertz CT molecular complexity index is 1170. The molecule has 3 rings (SSSR count). The standard InChI is InChI=1S/C23H22IN3O4/c1-14-10-18(13-25-26-22(28)16-8-9-20(24)21(12-16)30-3)15(2)27(14)19-7-5-6-17(11-19)23(29)31-4/h5-13H,1-4H3,(H,26,28)/b25-13-. The van der Waals surface area contributed by atoms with Gasteiger partial charge in [0.1, 0.15) is 5.75 Å². The zero-order valence-electron chi connectivity index (χ0n) is 17.6. The first-order valence-corrected chi connectivity index (χ1v) is 10.5. The molecule has 2 aromatic carbocycles. The number of carbonyl (C=O) groups is 2. The molecule has 0 saturated heterocycles. The largest absolute Gasteiger partial charge is 0.496 e. The van der Waals surface area contributed by atoms with Crippen molar-refractivity contribution in [1.82, 2.24) is 9.99 Å². The first-order valence-electron chi connectivity index (χ1n) is 9.40. The van der Waals surface area contributed by atoms with Crippen LogP contribution >= 0.6 is 22.6 Å². The summed E-state index contributed by atoms with van der Waals surface area (Å²) in [6.07, 6.45) is 1.60. The molecule has 0 aliphatic heterocycles. The van der Waals surface area contributed by atoms with E-state index in [1.165, 1.54) is 7.11 Å². The Hall–Kier alpha value is -3.14. The van der Waals surface area contributed by atoms with E-state index >= 15 is 0 Å². The Morgan fingerprint density at radius 2 is 1.84 bits per heavy atom. The van der Waals surface area contributed by atoms with Gasteiger partial charge in [0.2, 0.25) is 0 Å². The number of hydrogen-bond donors (Lipinski definition) is 1. The van der Waals surface area contributed by atoms with Gasteiger partial charge in [0.05, 0.1) is 29.6 Å². The summed E-state index contributed by atoms with van der Waals surface area (Å²) < 4.78 is 13.0. The fraction of sp³-hybridized carbons (Fsp3) is 0.174. The van der Waals surface area contributed by atoms with Crippen molar-refractivity contribution in [3.63, 3.8) is 0 Å². The Kier molecular flexibility index (Phi) is 7.11. The fourth-order valence-electron chi connectivity index (χ4n) is 3.23. The number of hydrazone groups is 1. The van der Waals surface area contributed by atoms with Crippen molar-refractivity contribution in [2.75, 3.05) is 14.2 Å². The van der Waals surface area contributed by atoms with Crippen molar-refractivity contribution >= 4 is 40.7 Å². The van der Waals surface area contributed by atoms with Crippen molar-refractivity contribution in [2.24, 2.45) is 5.10 Å². The van der Waals surface area contributed by atoms with E-state index in [1.807, 2.05) is 42.7 Å². The first kappa shape index (κ1) is 22.5. The summed E-state index contributed by atoms with van der Waals surface area (Å²) in [5.41, 5.74) is 7.06. The van der Waals surface area contributed by atoms with E-state index in [-0.39, 0.29) is 11.9 Å². The number of rotatable bonds is 6. The minimum atomic E-state index is -0.388. The molecular weight excluding hydrogens is 509 g/mol. The van der Waals surface area contributed by atoms with Gasteiger partial charge in [-0.1, -0.05) is 6.07 Å². The molecule has 1 heterocycles. The number of carbonyl (C=O) groups excluding carboxylic acids is 2. The highest BCUT2D eigenvalue weighted by molar-refractivity contribution is 14.1. The zero-order valence-corrected chi connectivity index (χ0v) is 19.8. The van der Waals surface area contributed by atoms with E-state index in [1.54, 1.807) is 37.6 Å². The van der Waals surface area contributed by atoms with Crippen molar-refractivity contribution in [3.05, 3.63) is 80.2 Å².